The number of rotatable bonds is 8. The van der Waals surface area contributed by atoms with Crippen molar-refractivity contribution in [3.63, 3.8) is 0 Å². The van der Waals surface area contributed by atoms with Crippen LogP contribution in [0.15, 0.2) is 6.20 Å². The molecule has 0 radical (unpaired) electrons. The Kier molecular flexibility index (Phi) is 6.01. The predicted molar refractivity (Wildman–Crippen MR) is 79.2 cm³/mol. The Morgan fingerprint density at radius 3 is 2.68 bits per heavy atom. The lowest BCUT2D eigenvalue weighted by Gasteiger charge is -2.24. The zero-order chi connectivity index (χ0) is 14.5. The molecule has 0 aromatic carbocycles. The summed E-state index contributed by atoms with van der Waals surface area (Å²) in [5.41, 5.74) is 1.17. The van der Waals surface area contributed by atoms with Gasteiger partial charge in [0, 0.05) is 26.4 Å². The third-order valence-corrected chi connectivity index (χ3v) is 3.49. The number of nitrogens with zero attached hydrogens (tertiary/aromatic N) is 2. The van der Waals surface area contributed by atoms with E-state index in [-0.39, 0.29) is 5.60 Å². The first kappa shape index (κ1) is 16.2. The van der Waals surface area contributed by atoms with Crippen molar-refractivity contribution in [2.75, 3.05) is 13.7 Å². The maximum absolute atomic E-state index is 5.48. The van der Waals surface area contributed by atoms with Gasteiger partial charge in [-0.15, -0.1) is 0 Å². The summed E-state index contributed by atoms with van der Waals surface area (Å²) in [6, 6.07) is 0. The van der Waals surface area contributed by atoms with Crippen LogP contribution in [0.1, 0.15) is 45.6 Å². The van der Waals surface area contributed by atoms with Crippen LogP contribution in [-0.2, 0) is 17.8 Å². The standard InChI is InChI=1S/C15H29N3O/c1-12(2)9-16-10-14-11-17-13(3)18(14)8-7-15(4,5)19-6/h11-12,16H,7-10H2,1-6H3. The smallest absolute Gasteiger partial charge is 0.105 e. The maximum Gasteiger partial charge on any atom is 0.105 e. The molecule has 0 atom stereocenters. The summed E-state index contributed by atoms with van der Waals surface area (Å²) >= 11 is 0. The van der Waals surface area contributed by atoms with Gasteiger partial charge >= 0.3 is 0 Å². The van der Waals surface area contributed by atoms with Crippen molar-refractivity contribution in [2.45, 2.75) is 59.7 Å². The molecule has 0 unspecified atom stereocenters. The van der Waals surface area contributed by atoms with Crippen molar-refractivity contribution in [3.05, 3.63) is 17.7 Å². The number of imidazole rings is 1. The highest BCUT2D eigenvalue weighted by atomic mass is 16.5. The highest BCUT2D eigenvalue weighted by Gasteiger charge is 2.17. The average molecular weight is 267 g/mol. The van der Waals surface area contributed by atoms with E-state index in [2.05, 4.69) is 49.5 Å². The molecule has 0 bridgehead atoms. The second kappa shape index (κ2) is 7.06. The molecule has 0 aliphatic carbocycles. The number of aromatic nitrogens is 2. The zero-order valence-electron chi connectivity index (χ0n) is 13.3. The van der Waals surface area contributed by atoms with Gasteiger partial charge in [0.1, 0.15) is 5.82 Å². The van der Waals surface area contributed by atoms with Gasteiger partial charge in [0.2, 0.25) is 0 Å². The second-order valence-corrected chi connectivity index (χ2v) is 6.19. The van der Waals surface area contributed by atoms with Crippen molar-refractivity contribution in [1.29, 1.82) is 0 Å². The molecule has 0 saturated heterocycles. The number of nitrogens with one attached hydrogen (secondary N) is 1. The monoisotopic (exact) mass is 267 g/mol. The number of aryl methyl sites for hydroxylation is 1. The van der Waals surface area contributed by atoms with Gasteiger partial charge in [-0.3, -0.25) is 0 Å². The predicted octanol–water partition coefficient (Wildman–Crippen LogP) is 2.75. The van der Waals surface area contributed by atoms with Gasteiger partial charge in [0.25, 0.3) is 0 Å². The molecule has 1 aromatic heterocycles. The van der Waals surface area contributed by atoms with E-state index < -0.39 is 0 Å². The number of hydrogen-bond acceptors (Lipinski definition) is 3. The molecule has 110 valence electrons. The second-order valence-electron chi connectivity index (χ2n) is 6.19. The van der Waals surface area contributed by atoms with Crippen molar-refractivity contribution in [3.8, 4) is 0 Å². The lowest BCUT2D eigenvalue weighted by atomic mass is 10.1. The fourth-order valence-electron chi connectivity index (χ4n) is 1.93. The van der Waals surface area contributed by atoms with Crippen LogP contribution in [0.25, 0.3) is 0 Å². The van der Waals surface area contributed by atoms with E-state index in [4.69, 9.17) is 4.74 Å². The van der Waals surface area contributed by atoms with Gasteiger partial charge in [-0.05, 0) is 39.7 Å². The fourth-order valence-corrected chi connectivity index (χ4v) is 1.93. The molecular weight excluding hydrogens is 238 g/mol. The van der Waals surface area contributed by atoms with E-state index in [1.807, 2.05) is 6.20 Å². The Labute approximate surface area is 117 Å². The van der Waals surface area contributed by atoms with Crippen LogP contribution in [0.2, 0.25) is 0 Å². The van der Waals surface area contributed by atoms with Gasteiger partial charge in [-0.1, -0.05) is 13.8 Å². The fraction of sp³-hybridized carbons (Fsp3) is 0.800. The van der Waals surface area contributed by atoms with Crippen LogP contribution >= 0.6 is 0 Å². The summed E-state index contributed by atoms with van der Waals surface area (Å²) in [4.78, 5) is 4.42. The largest absolute Gasteiger partial charge is 0.379 e. The average Bonchev–Trinajstić information content (AvgIpc) is 2.68. The van der Waals surface area contributed by atoms with Crippen LogP contribution < -0.4 is 5.32 Å². The molecule has 0 aliphatic rings. The molecule has 4 heteroatoms. The Morgan fingerprint density at radius 1 is 1.42 bits per heavy atom. The summed E-state index contributed by atoms with van der Waals surface area (Å²) in [6.45, 7) is 13.6. The van der Waals surface area contributed by atoms with Gasteiger partial charge in [0.15, 0.2) is 0 Å². The Morgan fingerprint density at radius 2 is 2.11 bits per heavy atom. The topological polar surface area (TPSA) is 39.1 Å². The van der Waals surface area contributed by atoms with Gasteiger partial charge in [-0.25, -0.2) is 4.98 Å². The molecule has 0 amide bonds. The van der Waals surface area contributed by atoms with Crippen LogP contribution in [0, 0.1) is 12.8 Å². The lowest BCUT2D eigenvalue weighted by molar-refractivity contribution is 0.0118. The van der Waals surface area contributed by atoms with E-state index in [1.165, 1.54) is 5.69 Å². The molecule has 1 heterocycles. The Bertz CT molecular complexity index is 383. The van der Waals surface area contributed by atoms with Gasteiger partial charge in [-0.2, -0.15) is 0 Å². The molecule has 1 N–H and O–H groups in total. The number of ether oxygens (including phenoxy) is 1. The van der Waals surface area contributed by atoms with E-state index in [1.54, 1.807) is 7.11 Å². The normalized spacial score (nSPS) is 12.4. The number of methoxy groups -OCH3 is 1. The molecule has 4 nitrogen and oxygen atoms in total. The third kappa shape index (κ3) is 5.33. The van der Waals surface area contributed by atoms with Gasteiger partial charge < -0.3 is 14.6 Å². The van der Waals surface area contributed by atoms with E-state index in [0.717, 1.165) is 31.9 Å². The first-order chi connectivity index (χ1) is 8.85. The van der Waals surface area contributed by atoms with E-state index >= 15 is 0 Å². The Balaban J connectivity index is 2.59. The molecular formula is C15H29N3O. The summed E-state index contributed by atoms with van der Waals surface area (Å²) in [5.74, 6) is 1.75. The van der Waals surface area contributed by atoms with Crippen LogP contribution in [0.3, 0.4) is 0 Å². The van der Waals surface area contributed by atoms with Gasteiger partial charge in [0.05, 0.1) is 11.3 Å². The molecule has 1 aromatic rings. The van der Waals surface area contributed by atoms with Crippen LogP contribution in [0.4, 0.5) is 0 Å². The van der Waals surface area contributed by atoms with Crippen molar-refractivity contribution < 1.29 is 4.74 Å². The van der Waals surface area contributed by atoms with E-state index in [0.29, 0.717) is 5.92 Å². The number of hydrogen-bond donors (Lipinski definition) is 1. The Hall–Kier alpha value is -0.870. The summed E-state index contributed by atoms with van der Waals surface area (Å²) < 4.78 is 7.76. The highest BCUT2D eigenvalue weighted by molar-refractivity contribution is 5.04. The first-order valence-corrected chi connectivity index (χ1v) is 7.12. The summed E-state index contributed by atoms with van der Waals surface area (Å²) in [5, 5.41) is 3.47. The third-order valence-electron chi connectivity index (χ3n) is 3.49. The lowest BCUT2D eigenvalue weighted by Crippen LogP contribution is -2.26. The van der Waals surface area contributed by atoms with Crippen LogP contribution in [-0.4, -0.2) is 28.8 Å². The SMILES string of the molecule is COC(C)(C)CCn1c(CNCC(C)C)cnc1C. The minimum Gasteiger partial charge on any atom is -0.379 e. The highest BCUT2D eigenvalue weighted by Crippen LogP contribution is 2.16. The molecule has 0 spiro atoms. The van der Waals surface area contributed by atoms with Crippen molar-refractivity contribution in [1.82, 2.24) is 14.9 Å². The van der Waals surface area contributed by atoms with Crippen LogP contribution in [0.5, 0.6) is 0 Å². The summed E-state index contributed by atoms with van der Waals surface area (Å²) in [7, 11) is 1.77. The molecule has 0 fully saturated rings. The van der Waals surface area contributed by atoms with Crippen molar-refractivity contribution >= 4 is 0 Å². The summed E-state index contributed by atoms with van der Waals surface area (Å²) in [6.07, 6.45) is 2.96. The first-order valence-electron chi connectivity index (χ1n) is 7.12. The quantitative estimate of drug-likeness (QED) is 0.787. The van der Waals surface area contributed by atoms with E-state index in [9.17, 15) is 0 Å². The minimum absolute atomic E-state index is 0.0840. The minimum atomic E-state index is -0.0840. The molecule has 0 saturated carbocycles. The molecule has 19 heavy (non-hydrogen) atoms. The molecule has 1 rings (SSSR count). The van der Waals surface area contributed by atoms with Crippen molar-refractivity contribution in [2.24, 2.45) is 5.92 Å². The zero-order valence-corrected chi connectivity index (χ0v) is 13.3. The molecule has 0 aliphatic heterocycles. The maximum atomic E-state index is 5.48.